The van der Waals surface area contributed by atoms with Gasteiger partial charge in [-0.1, -0.05) is 6.42 Å². The second-order valence-corrected chi connectivity index (χ2v) is 9.84. The molecule has 1 atom stereocenters. The molecule has 1 fully saturated rings. The van der Waals surface area contributed by atoms with Crippen LogP contribution in [0.1, 0.15) is 36.9 Å². The number of likely N-dealkylation sites (tertiary alicyclic amines) is 1. The number of sulfone groups is 1. The first-order valence-electron chi connectivity index (χ1n) is 9.68. The zero-order chi connectivity index (χ0) is 18.3. The van der Waals surface area contributed by atoms with E-state index in [4.69, 9.17) is 0 Å². The summed E-state index contributed by atoms with van der Waals surface area (Å²) in [6.45, 7) is 4.32. The largest absolute Gasteiger partial charge is 0.393 e. The highest BCUT2D eigenvalue weighted by Crippen LogP contribution is 2.34. The van der Waals surface area contributed by atoms with Crippen LogP contribution in [-0.2, 0) is 29.2 Å². The van der Waals surface area contributed by atoms with Gasteiger partial charge in [-0.25, -0.2) is 8.42 Å². The van der Waals surface area contributed by atoms with Gasteiger partial charge in [-0.05, 0) is 62.5 Å². The normalized spacial score (nSPS) is 21.8. The third kappa shape index (κ3) is 3.42. The van der Waals surface area contributed by atoms with Gasteiger partial charge in [0.25, 0.3) is 0 Å². The van der Waals surface area contributed by atoms with E-state index >= 15 is 0 Å². The summed E-state index contributed by atoms with van der Waals surface area (Å²) in [4.78, 5) is 2.89. The average Bonchev–Trinajstić information content (AvgIpc) is 2.92. The van der Waals surface area contributed by atoms with E-state index < -0.39 is 9.84 Å². The Kier molecular flexibility index (Phi) is 4.84. The molecule has 2 aliphatic rings. The van der Waals surface area contributed by atoms with Crippen molar-refractivity contribution in [1.29, 1.82) is 0 Å². The minimum atomic E-state index is -3.23. The summed E-state index contributed by atoms with van der Waals surface area (Å²) >= 11 is 0. The van der Waals surface area contributed by atoms with E-state index in [-0.39, 0.29) is 6.10 Å². The molecule has 0 spiro atoms. The second-order valence-electron chi connectivity index (χ2n) is 7.83. The second kappa shape index (κ2) is 6.98. The van der Waals surface area contributed by atoms with Crippen LogP contribution in [0.5, 0.6) is 0 Å². The Morgan fingerprint density at radius 2 is 1.92 bits per heavy atom. The van der Waals surface area contributed by atoms with E-state index in [1.54, 1.807) is 12.1 Å². The lowest BCUT2D eigenvalue weighted by atomic mass is 9.93. The molecule has 4 rings (SSSR count). The molecule has 1 aromatic heterocycles. The molecular weight excluding hydrogens is 348 g/mol. The number of aliphatic hydroxyl groups excluding tert-OH is 1. The van der Waals surface area contributed by atoms with E-state index in [9.17, 15) is 13.5 Å². The van der Waals surface area contributed by atoms with Crippen molar-refractivity contribution in [3.8, 4) is 0 Å². The fourth-order valence-electron chi connectivity index (χ4n) is 4.52. The molecule has 0 amide bonds. The van der Waals surface area contributed by atoms with Crippen molar-refractivity contribution < 1.29 is 13.5 Å². The monoisotopic (exact) mass is 376 g/mol. The van der Waals surface area contributed by atoms with Crippen LogP contribution >= 0.6 is 0 Å². The Labute approximate surface area is 155 Å². The van der Waals surface area contributed by atoms with Crippen LogP contribution in [0.2, 0.25) is 0 Å². The molecule has 1 saturated heterocycles. The first-order chi connectivity index (χ1) is 12.4. The molecule has 1 aromatic carbocycles. The van der Waals surface area contributed by atoms with Gasteiger partial charge in [0.1, 0.15) is 0 Å². The molecular formula is C20H28N2O3S. The van der Waals surface area contributed by atoms with Gasteiger partial charge in [0, 0.05) is 42.4 Å². The molecule has 1 aliphatic heterocycles. The van der Waals surface area contributed by atoms with Gasteiger partial charge in [0.05, 0.1) is 11.0 Å². The molecule has 5 nitrogen and oxygen atoms in total. The molecule has 0 bridgehead atoms. The zero-order valence-corrected chi connectivity index (χ0v) is 16.3. The maximum Gasteiger partial charge on any atom is 0.175 e. The SMILES string of the molecule is CS(=O)(=O)c1ccc2c(c1)c1c(n2CCN2CCCCC2)CCC(O)C1. The van der Waals surface area contributed by atoms with E-state index in [1.165, 1.54) is 44.3 Å². The number of aliphatic hydroxyl groups is 1. The highest BCUT2D eigenvalue weighted by molar-refractivity contribution is 7.90. The van der Waals surface area contributed by atoms with Gasteiger partial charge >= 0.3 is 0 Å². The van der Waals surface area contributed by atoms with Gasteiger partial charge in [0.15, 0.2) is 9.84 Å². The smallest absolute Gasteiger partial charge is 0.175 e. The maximum atomic E-state index is 12.0. The molecule has 6 heteroatoms. The fourth-order valence-corrected chi connectivity index (χ4v) is 5.17. The average molecular weight is 377 g/mol. The first-order valence-corrected chi connectivity index (χ1v) is 11.6. The lowest BCUT2D eigenvalue weighted by Gasteiger charge is -2.27. The number of rotatable bonds is 4. The predicted molar refractivity (Wildman–Crippen MR) is 103 cm³/mol. The summed E-state index contributed by atoms with van der Waals surface area (Å²) < 4.78 is 26.3. The summed E-state index contributed by atoms with van der Waals surface area (Å²) in [5.41, 5.74) is 3.53. The number of benzene rings is 1. The Morgan fingerprint density at radius 1 is 1.15 bits per heavy atom. The van der Waals surface area contributed by atoms with Crippen molar-refractivity contribution >= 4 is 20.7 Å². The minimum Gasteiger partial charge on any atom is -0.393 e. The predicted octanol–water partition coefficient (Wildman–Crippen LogP) is 2.38. The van der Waals surface area contributed by atoms with Crippen LogP contribution in [-0.4, -0.2) is 55.0 Å². The van der Waals surface area contributed by atoms with Crippen LogP contribution in [0, 0.1) is 0 Å². The summed E-state index contributed by atoms with van der Waals surface area (Å²) in [6, 6.07) is 5.47. The van der Waals surface area contributed by atoms with Gasteiger partial charge in [-0.2, -0.15) is 0 Å². The molecule has 2 heterocycles. The van der Waals surface area contributed by atoms with E-state index in [1.807, 2.05) is 6.07 Å². The van der Waals surface area contributed by atoms with Crippen LogP contribution < -0.4 is 0 Å². The lowest BCUT2D eigenvalue weighted by Crippen LogP contribution is -2.33. The summed E-state index contributed by atoms with van der Waals surface area (Å²) in [5.74, 6) is 0. The number of aromatic nitrogens is 1. The Bertz CT molecular complexity index is 911. The topological polar surface area (TPSA) is 62.5 Å². The summed E-state index contributed by atoms with van der Waals surface area (Å²) in [7, 11) is -3.23. The van der Waals surface area contributed by atoms with Crippen LogP contribution in [0.25, 0.3) is 10.9 Å². The number of hydrogen-bond acceptors (Lipinski definition) is 4. The number of fused-ring (bicyclic) bond motifs is 3. The number of nitrogens with zero attached hydrogens (tertiary/aromatic N) is 2. The van der Waals surface area contributed by atoms with Crippen molar-refractivity contribution in [1.82, 2.24) is 9.47 Å². The van der Waals surface area contributed by atoms with Gasteiger partial charge in [-0.3, -0.25) is 0 Å². The van der Waals surface area contributed by atoms with Gasteiger partial charge in [0.2, 0.25) is 0 Å². The standard InChI is InChI=1S/C20H28N2O3S/c1-26(24,25)16-6-8-20-18(14-16)17-13-15(23)5-7-19(17)22(20)12-11-21-9-3-2-4-10-21/h6,8,14-15,23H,2-5,7,9-13H2,1H3. The third-order valence-corrected chi connectivity index (χ3v) is 7.04. The van der Waals surface area contributed by atoms with Crippen molar-refractivity contribution in [3.63, 3.8) is 0 Å². The molecule has 1 unspecified atom stereocenters. The van der Waals surface area contributed by atoms with Crippen molar-refractivity contribution in [2.75, 3.05) is 25.9 Å². The number of piperidine rings is 1. The Hall–Kier alpha value is -1.37. The molecule has 26 heavy (non-hydrogen) atoms. The van der Waals surface area contributed by atoms with E-state index in [2.05, 4.69) is 9.47 Å². The summed E-state index contributed by atoms with van der Waals surface area (Å²) in [5, 5.41) is 11.2. The Balaban J connectivity index is 1.74. The fraction of sp³-hybridized carbons (Fsp3) is 0.600. The molecule has 1 N–H and O–H groups in total. The molecule has 0 saturated carbocycles. The molecule has 0 radical (unpaired) electrons. The van der Waals surface area contributed by atoms with Crippen molar-refractivity contribution in [2.24, 2.45) is 0 Å². The van der Waals surface area contributed by atoms with Crippen LogP contribution in [0.3, 0.4) is 0 Å². The van der Waals surface area contributed by atoms with Crippen molar-refractivity contribution in [2.45, 2.75) is 56.1 Å². The zero-order valence-electron chi connectivity index (χ0n) is 15.4. The third-order valence-electron chi connectivity index (χ3n) is 5.93. The highest BCUT2D eigenvalue weighted by Gasteiger charge is 2.25. The number of hydrogen-bond donors (Lipinski definition) is 1. The lowest BCUT2D eigenvalue weighted by molar-refractivity contribution is 0.157. The maximum absolute atomic E-state index is 12.0. The van der Waals surface area contributed by atoms with Crippen LogP contribution in [0.15, 0.2) is 23.1 Å². The van der Waals surface area contributed by atoms with E-state index in [0.29, 0.717) is 11.3 Å². The van der Waals surface area contributed by atoms with Crippen LogP contribution in [0.4, 0.5) is 0 Å². The molecule has 2 aromatic rings. The summed E-state index contributed by atoms with van der Waals surface area (Å²) in [6.07, 6.45) is 7.10. The van der Waals surface area contributed by atoms with Gasteiger partial charge in [-0.15, -0.1) is 0 Å². The van der Waals surface area contributed by atoms with Crippen molar-refractivity contribution in [3.05, 3.63) is 29.5 Å². The minimum absolute atomic E-state index is 0.328. The molecule has 142 valence electrons. The quantitative estimate of drug-likeness (QED) is 0.890. The van der Waals surface area contributed by atoms with Gasteiger partial charge < -0.3 is 14.6 Å². The Morgan fingerprint density at radius 3 is 2.65 bits per heavy atom. The van der Waals surface area contributed by atoms with E-state index in [0.717, 1.165) is 42.4 Å². The first kappa shape index (κ1) is 18.0. The highest BCUT2D eigenvalue weighted by atomic mass is 32.2. The molecule has 1 aliphatic carbocycles.